The zero-order valence-corrected chi connectivity index (χ0v) is 16.0. The first-order valence-electron chi connectivity index (χ1n) is 8.42. The average Bonchev–Trinajstić information content (AvgIpc) is 2.66. The Hall–Kier alpha value is -1.98. The molecule has 1 amide bonds. The minimum Gasteiger partial charge on any atom is -0.497 e. The van der Waals surface area contributed by atoms with Crippen molar-refractivity contribution in [1.29, 1.82) is 0 Å². The Morgan fingerprint density at radius 2 is 1.92 bits per heavy atom. The molecule has 2 aromatic rings. The van der Waals surface area contributed by atoms with Crippen molar-refractivity contribution in [3.63, 3.8) is 0 Å². The van der Waals surface area contributed by atoms with Crippen LogP contribution in [0, 0.1) is 0 Å². The summed E-state index contributed by atoms with van der Waals surface area (Å²) in [5.74, 6) is 0.795. The Bertz CT molecular complexity index is 688. The number of carbonyl (C=O) groups is 1. The van der Waals surface area contributed by atoms with Crippen LogP contribution in [-0.4, -0.2) is 25.3 Å². The summed E-state index contributed by atoms with van der Waals surface area (Å²) in [5, 5.41) is 6.39. The first-order valence-corrected chi connectivity index (χ1v) is 9.64. The molecule has 0 aromatic heterocycles. The predicted molar refractivity (Wildman–Crippen MR) is 105 cm³/mol. The monoisotopic (exact) mass is 358 g/mol. The average molecular weight is 359 g/mol. The van der Waals surface area contributed by atoms with Crippen molar-refractivity contribution in [1.82, 2.24) is 5.32 Å². The van der Waals surface area contributed by atoms with E-state index in [-0.39, 0.29) is 18.0 Å². The lowest BCUT2D eigenvalue weighted by Crippen LogP contribution is -2.40. The number of thioether (sulfide) groups is 1. The zero-order chi connectivity index (χ0) is 18.2. The molecule has 0 fully saturated rings. The number of amides is 1. The molecule has 0 bridgehead atoms. The summed E-state index contributed by atoms with van der Waals surface area (Å²) in [6.45, 7) is 3.99. The topological polar surface area (TPSA) is 50.4 Å². The van der Waals surface area contributed by atoms with Crippen LogP contribution >= 0.6 is 11.8 Å². The Kier molecular flexibility index (Phi) is 7.34. The van der Waals surface area contributed by atoms with Gasteiger partial charge >= 0.3 is 0 Å². The van der Waals surface area contributed by atoms with E-state index in [2.05, 4.69) is 17.6 Å². The Morgan fingerprint density at radius 3 is 2.52 bits per heavy atom. The van der Waals surface area contributed by atoms with E-state index in [1.807, 2.05) is 61.7 Å². The van der Waals surface area contributed by atoms with Crippen molar-refractivity contribution in [2.24, 2.45) is 0 Å². The molecule has 2 N–H and O–H groups in total. The summed E-state index contributed by atoms with van der Waals surface area (Å²) in [6, 6.07) is 15.6. The fourth-order valence-electron chi connectivity index (χ4n) is 2.61. The largest absolute Gasteiger partial charge is 0.497 e. The number of hydrogen-bond donors (Lipinski definition) is 2. The number of nitrogens with one attached hydrogen (secondary N) is 2. The molecule has 2 atom stereocenters. The van der Waals surface area contributed by atoms with E-state index >= 15 is 0 Å². The van der Waals surface area contributed by atoms with Crippen molar-refractivity contribution >= 4 is 23.4 Å². The Balaban J connectivity index is 1.99. The van der Waals surface area contributed by atoms with Crippen molar-refractivity contribution < 1.29 is 9.53 Å². The highest BCUT2D eigenvalue weighted by molar-refractivity contribution is 7.98. The summed E-state index contributed by atoms with van der Waals surface area (Å²) < 4.78 is 5.20. The summed E-state index contributed by atoms with van der Waals surface area (Å²) in [6.07, 6.45) is 2.91. The van der Waals surface area contributed by atoms with Gasteiger partial charge in [0.2, 0.25) is 5.91 Å². The number of carbonyl (C=O) groups excluding carboxylic acids is 1. The van der Waals surface area contributed by atoms with Gasteiger partial charge in [-0.1, -0.05) is 25.1 Å². The van der Waals surface area contributed by atoms with Gasteiger partial charge in [-0.05, 0) is 55.5 Å². The van der Waals surface area contributed by atoms with Gasteiger partial charge in [-0.3, -0.25) is 10.1 Å². The highest BCUT2D eigenvalue weighted by atomic mass is 32.2. The van der Waals surface area contributed by atoms with Gasteiger partial charge in [0.05, 0.1) is 13.2 Å². The molecule has 0 radical (unpaired) electrons. The van der Waals surface area contributed by atoms with Crippen LogP contribution in [0.3, 0.4) is 0 Å². The maximum absolute atomic E-state index is 12.5. The molecule has 134 valence electrons. The molecule has 0 aliphatic heterocycles. The molecule has 0 saturated carbocycles. The van der Waals surface area contributed by atoms with E-state index in [4.69, 9.17) is 4.74 Å². The lowest BCUT2D eigenvalue weighted by atomic mass is 10.0. The number of methoxy groups -OCH3 is 1. The van der Waals surface area contributed by atoms with Crippen LogP contribution in [0.25, 0.3) is 0 Å². The van der Waals surface area contributed by atoms with Crippen molar-refractivity contribution in [2.45, 2.75) is 37.2 Å². The second-order valence-electron chi connectivity index (χ2n) is 5.84. The molecule has 2 rings (SSSR count). The molecular weight excluding hydrogens is 332 g/mol. The maximum atomic E-state index is 12.5. The number of ether oxygens (including phenoxy) is 1. The van der Waals surface area contributed by atoms with Gasteiger partial charge in [0.1, 0.15) is 5.75 Å². The third-order valence-electron chi connectivity index (χ3n) is 4.11. The zero-order valence-electron chi connectivity index (χ0n) is 15.2. The number of benzene rings is 2. The first kappa shape index (κ1) is 19.3. The standard InChI is InChI=1S/C20H26N2O2S/c1-5-19(15-9-11-17(24-3)12-10-15)21-14(2)20(23)22-16-7-6-8-18(13-16)25-4/h6-14,19,21H,5H2,1-4H3,(H,22,23). The van der Waals surface area contributed by atoms with E-state index in [9.17, 15) is 4.79 Å². The fourth-order valence-corrected chi connectivity index (χ4v) is 3.07. The maximum Gasteiger partial charge on any atom is 0.241 e. The van der Waals surface area contributed by atoms with E-state index < -0.39 is 0 Å². The number of rotatable bonds is 8. The van der Waals surface area contributed by atoms with E-state index in [1.165, 1.54) is 0 Å². The van der Waals surface area contributed by atoms with Gasteiger partial charge in [0, 0.05) is 16.6 Å². The second kappa shape index (κ2) is 9.49. The summed E-state index contributed by atoms with van der Waals surface area (Å²) in [7, 11) is 1.66. The summed E-state index contributed by atoms with van der Waals surface area (Å²) >= 11 is 1.66. The molecular formula is C20H26N2O2S. The minimum absolute atomic E-state index is 0.0368. The highest BCUT2D eigenvalue weighted by Crippen LogP contribution is 2.22. The Morgan fingerprint density at radius 1 is 1.20 bits per heavy atom. The van der Waals surface area contributed by atoms with Gasteiger partial charge in [-0.15, -0.1) is 11.8 Å². The quantitative estimate of drug-likeness (QED) is 0.683. The molecule has 5 heteroatoms. The normalized spacial score (nSPS) is 13.1. The van der Waals surface area contributed by atoms with Crippen LogP contribution in [0.2, 0.25) is 0 Å². The molecule has 0 aliphatic carbocycles. The van der Waals surface area contributed by atoms with Crippen LogP contribution in [0.1, 0.15) is 31.9 Å². The minimum atomic E-state index is -0.301. The van der Waals surface area contributed by atoms with Crippen molar-refractivity contribution in [3.8, 4) is 5.75 Å². The Labute approximate surface area is 154 Å². The van der Waals surface area contributed by atoms with E-state index in [1.54, 1.807) is 18.9 Å². The van der Waals surface area contributed by atoms with Crippen LogP contribution in [0.15, 0.2) is 53.4 Å². The second-order valence-corrected chi connectivity index (χ2v) is 6.72. The van der Waals surface area contributed by atoms with Crippen LogP contribution in [-0.2, 0) is 4.79 Å². The highest BCUT2D eigenvalue weighted by Gasteiger charge is 2.18. The third kappa shape index (κ3) is 5.51. The molecule has 25 heavy (non-hydrogen) atoms. The molecule has 4 nitrogen and oxygen atoms in total. The third-order valence-corrected chi connectivity index (χ3v) is 4.83. The SMILES string of the molecule is CCC(NC(C)C(=O)Nc1cccc(SC)c1)c1ccc(OC)cc1. The lowest BCUT2D eigenvalue weighted by molar-refractivity contribution is -0.118. The predicted octanol–water partition coefficient (Wildman–Crippen LogP) is 4.49. The van der Waals surface area contributed by atoms with Crippen molar-refractivity contribution in [3.05, 3.63) is 54.1 Å². The van der Waals surface area contributed by atoms with Crippen molar-refractivity contribution in [2.75, 3.05) is 18.7 Å². The number of anilines is 1. The molecule has 0 spiro atoms. The van der Waals surface area contributed by atoms with Gasteiger partial charge < -0.3 is 10.1 Å². The fraction of sp³-hybridized carbons (Fsp3) is 0.350. The molecule has 0 heterocycles. The van der Waals surface area contributed by atoms with Crippen LogP contribution < -0.4 is 15.4 Å². The van der Waals surface area contributed by atoms with E-state index in [0.29, 0.717) is 0 Å². The van der Waals surface area contributed by atoms with Crippen LogP contribution in [0.5, 0.6) is 5.75 Å². The van der Waals surface area contributed by atoms with Crippen LogP contribution in [0.4, 0.5) is 5.69 Å². The van der Waals surface area contributed by atoms with Gasteiger partial charge in [-0.25, -0.2) is 0 Å². The molecule has 2 aromatic carbocycles. The number of hydrogen-bond acceptors (Lipinski definition) is 4. The smallest absolute Gasteiger partial charge is 0.241 e. The van der Waals surface area contributed by atoms with E-state index in [0.717, 1.165) is 28.3 Å². The summed E-state index contributed by atoms with van der Waals surface area (Å²) in [5.41, 5.74) is 1.97. The lowest BCUT2D eigenvalue weighted by Gasteiger charge is -2.22. The summed E-state index contributed by atoms with van der Waals surface area (Å²) in [4.78, 5) is 13.6. The molecule has 0 saturated heterocycles. The van der Waals surface area contributed by atoms with Gasteiger partial charge in [0.25, 0.3) is 0 Å². The first-order chi connectivity index (χ1) is 12.1. The van der Waals surface area contributed by atoms with Gasteiger partial charge in [-0.2, -0.15) is 0 Å². The van der Waals surface area contributed by atoms with Gasteiger partial charge in [0.15, 0.2) is 0 Å². The molecule has 2 unspecified atom stereocenters. The molecule has 0 aliphatic rings.